The van der Waals surface area contributed by atoms with Gasteiger partial charge in [-0.1, -0.05) is 4.85 Å². The molecular weight excluding hydrogens is 274 g/mol. The third-order valence-corrected chi connectivity index (χ3v) is 3.53. The Balaban J connectivity index is 2.09. The standard InChI is InChI=1S/C12H9ClNO3S/c13-18(15,16)12-5-3-10(4-6-12)8-14-9-11-2-1-7-17-11/h1-7H,9H2/q+1. The molecule has 18 heavy (non-hydrogen) atoms. The van der Waals surface area contributed by atoms with Crippen LogP contribution in [0.15, 0.2) is 52.0 Å². The van der Waals surface area contributed by atoms with Gasteiger partial charge in [-0.3, -0.25) is 0 Å². The molecule has 0 saturated carbocycles. The smallest absolute Gasteiger partial charge is 0.320 e. The highest BCUT2D eigenvalue weighted by atomic mass is 35.7. The summed E-state index contributed by atoms with van der Waals surface area (Å²) in [5.41, 5.74) is 0.672. The molecule has 4 nitrogen and oxygen atoms in total. The van der Waals surface area contributed by atoms with Crippen molar-refractivity contribution < 1.29 is 12.8 Å². The molecule has 1 aromatic heterocycles. The zero-order valence-electron chi connectivity index (χ0n) is 9.21. The first-order valence-corrected chi connectivity index (χ1v) is 7.36. The van der Waals surface area contributed by atoms with Crippen molar-refractivity contribution in [3.8, 4) is 6.07 Å². The topological polar surface area (TPSA) is 51.6 Å². The van der Waals surface area contributed by atoms with Gasteiger partial charge in [0.1, 0.15) is 5.56 Å². The van der Waals surface area contributed by atoms with Gasteiger partial charge in [-0.25, -0.2) is 8.42 Å². The summed E-state index contributed by atoms with van der Waals surface area (Å²) in [6.45, 7) is 0.391. The lowest BCUT2D eigenvalue weighted by molar-refractivity contribution is 0.522. The monoisotopic (exact) mass is 282 g/mol. The van der Waals surface area contributed by atoms with Crippen LogP contribution in [0.25, 0.3) is 4.85 Å². The molecule has 1 heterocycles. The van der Waals surface area contributed by atoms with E-state index in [0.29, 0.717) is 12.1 Å². The molecule has 6 heteroatoms. The predicted molar refractivity (Wildman–Crippen MR) is 68.2 cm³/mol. The minimum Gasteiger partial charge on any atom is -0.461 e. The number of furan rings is 1. The normalized spacial score (nSPS) is 10.7. The summed E-state index contributed by atoms with van der Waals surface area (Å²) >= 11 is 0. The minimum atomic E-state index is -3.68. The molecule has 0 amide bonds. The van der Waals surface area contributed by atoms with E-state index in [0.717, 1.165) is 5.76 Å². The van der Waals surface area contributed by atoms with Crippen LogP contribution in [0.3, 0.4) is 0 Å². The summed E-state index contributed by atoms with van der Waals surface area (Å²) in [6.07, 6.45) is 1.57. The first-order valence-electron chi connectivity index (χ1n) is 5.05. The molecule has 0 N–H and O–H groups in total. The van der Waals surface area contributed by atoms with Gasteiger partial charge in [0.05, 0.1) is 11.2 Å². The van der Waals surface area contributed by atoms with Gasteiger partial charge < -0.3 is 4.42 Å². The van der Waals surface area contributed by atoms with Crippen LogP contribution in [-0.2, 0) is 15.6 Å². The summed E-state index contributed by atoms with van der Waals surface area (Å²) in [4.78, 5) is 4.11. The molecule has 0 radical (unpaired) electrons. The molecule has 0 aliphatic heterocycles. The number of nitrogens with zero attached hydrogens (tertiary/aromatic N) is 1. The fraction of sp³-hybridized carbons (Fsp3) is 0.0833. The summed E-state index contributed by atoms with van der Waals surface area (Å²) in [5.74, 6) is 0.738. The molecule has 2 aromatic rings. The highest BCUT2D eigenvalue weighted by molar-refractivity contribution is 8.13. The van der Waals surface area contributed by atoms with Crippen LogP contribution < -0.4 is 0 Å². The van der Waals surface area contributed by atoms with Crippen molar-refractivity contribution in [2.75, 3.05) is 0 Å². The Kier molecular flexibility index (Phi) is 3.70. The van der Waals surface area contributed by atoms with Crippen molar-refractivity contribution in [1.29, 1.82) is 0 Å². The zero-order chi connectivity index (χ0) is 13.0. The van der Waals surface area contributed by atoms with Crippen molar-refractivity contribution in [3.63, 3.8) is 0 Å². The van der Waals surface area contributed by atoms with Gasteiger partial charge in [0.25, 0.3) is 9.05 Å². The van der Waals surface area contributed by atoms with Gasteiger partial charge in [-0.15, -0.1) is 0 Å². The highest BCUT2D eigenvalue weighted by Gasteiger charge is 2.09. The number of benzene rings is 1. The van der Waals surface area contributed by atoms with Gasteiger partial charge in [-0.05, 0) is 36.4 Å². The second kappa shape index (κ2) is 5.25. The zero-order valence-corrected chi connectivity index (χ0v) is 10.8. The fourth-order valence-corrected chi connectivity index (χ4v) is 2.07. The average Bonchev–Trinajstić information content (AvgIpc) is 2.82. The van der Waals surface area contributed by atoms with Gasteiger partial charge in [0.15, 0.2) is 5.76 Å². The van der Waals surface area contributed by atoms with E-state index < -0.39 is 9.05 Å². The quantitative estimate of drug-likeness (QED) is 0.795. The Morgan fingerprint density at radius 1 is 1.22 bits per heavy atom. The number of halogens is 1. The van der Waals surface area contributed by atoms with Crippen LogP contribution in [0.4, 0.5) is 0 Å². The Labute approximate surface area is 109 Å². The largest absolute Gasteiger partial charge is 0.461 e. The van der Waals surface area contributed by atoms with E-state index in [1.807, 2.05) is 6.07 Å². The van der Waals surface area contributed by atoms with Crippen LogP contribution in [0.5, 0.6) is 0 Å². The van der Waals surface area contributed by atoms with E-state index in [4.69, 9.17) is 15.1 Å². The van der Waals surface area contributed by atoms with E-state index in [2.05, 4.69) is 10.9 Å². The van der Waals surface area contributed by atoms with Crippen molar-refractivity contribution in [1.82, 2.24) is 0 Å². The van der Waals surface area contributed by atoms with Gasteiger partial charge >= 0.3 is 12.6 Å². The average molecular weight is 283 g/mol. The SMILES string of the molecule is O=S(=O)(Cl)c1ccc(C#[N+]Cc2ccco2)cc1. The maximum atomic E-state index is 11.0. The van der Waals surface area contributed by atoms with Gasteiger partial charge in [-0.2, -0.15) is 0 Å². The Hall–Kier alpha value is -1.77. The molecule has 0 unspecified atom stereocenters. The predicted octanol–water partition coefficient (Wildman–Crippen LogP) is 3.09. The number of hydrogen-bond donors (Lipinski definition) is 0. The van der Waals surface area contributed by atoms with Gasteiger partial charge in [0.2, 0.25) is 0 Å². The molecule has 0 aliphatic rings. The first kappa shape index (κ1) is 12.7. The first-order chi connectivity index (χ1) is 8.55. The molecule has 1 aromatic carbocycles. The van der Waals surface area contributed by atoms with Crippen molar-refractivity contribution >= 4 is 19.7 Å². The van der Waals surface area contributed by atoms with E-state index in [-0.39, 0.29) is 4.90 Å². The lowest BCUT2D eigenvalue weighted by Crippen LogP contribution is -1.89. The highest BCUT2D eigenvalue weighted by Crippen LogP contribution is 2.14. The molecule has 0 atom stereocenters. The van der Waals surface area contributed by atoms with Gasteiger partial charge in [0, 0.05) is 10.7 Å². The molecule has 0 spiro atoms. The Morgan fingerprint density at radius 3 is 2.50 bits per heavy atom. The van der Waals surface area contributed by atoms with E-state index in [1.165, 1.54) is 12.1 Å². The molecule has 0 saturated heterocycles. The van der Waals surface area contributed by atoms with Crippen molar-refractivity contribution in [3.05, 3.63) is 58.8 Å². The Bertz CT molecular complexity index is 679. The van der Waals surface area contributed by atoms with Crippen LogP contribution in [0, 0.1) is 6.07 Å². The summed E-state index contributed by atoms with van der Waals surface area (Å²) in [7, 11) is 1.52. The summed E-state index contributed by atoms with van der Waals surface area (Å²) in [6, 6.07) is 12.4. The van der Waals surface area contributed by atoms with E-state index in [9.17, 15) is 8.42 Å². The number of hydrogen-bond acceptors (Lipinski definition) is 3. The van der Waals surface area contributed by atoms with Crippen molar-refractivity contribution in [2.45, 2.75) is 11.4 Å². The number of rotatable bonds is 2. The van der Waals surface area contributed by atoms with Crippen LogP contribution >= 0.6 is 10.7 Å². The lowest BCUT2D eigenvalue weighted by Gasteiger charge is -1.92. The van der Waals surface area contributed by atoms with E-state index >= 15 is 0 Å². The second-order valence-electron chi connectivity index (χ2n) is 3.47. The van der Waals surface area contributed by atoms with Crippen molar-refractivity contribution in [2.24, 2.45) is 0 Å². The molecule has 0 fully saturated rings. The lowest BCUT2D eigenvalue weighted by atomic mass is 10.2. The third-order valence-electron chi connectivity index (χ3n) is 2.16. The molecular formula is C12H9ClNO3S+. The van der Waals surface area contributed by atoms with Crippen LogP contribution in [0.1, 0.15) is 11.3 Å². The minimum absolute atomic E-state index is 0.0563. The summed E-state index contributed by atoms with van der Waals surface area (Å²) in [5, 5.41) is 0. The molecule has 92 valence electrons. The second-order valence-corrected chi connectivity index (χ2v) is 6.04. The molecule has 2 rings (SSSR count). The Morgan fingerprint density at radius 2 is 1.94 bits per heavy atom. The maximum absolute atomic E-state index is 11.0. The maximum Gasteiger partial charge on any atom is 0.320 e. The third kappa shape index (κ3) is 3.36. The van der Waals surface area contributed by atoms with Crippen LogP contribution in [0.2, 0.25) is 0 Å². The summed E-state index contributed by atoms with van der Waals surface area (Å²) < 4.78 is 27.2. The molecule has 0 bridgehead atoms. The molecule has 0 aliphatic carbocycles. The van der Waals surface area contributed by atoms with E-state index in [1.54, 1.807) is 24.5 Å². The fourth-order valence-electron chi connectivity index (χ4n) is 1.30. The van der Waals surface area contributed by atoms with Crippen LogP contribution in [-0.4, -0.2) is 8.42 Å².